The van der Waals surface area contributed by atoms with Crippen molar-refractivity contribution in [3.8, 4) is 0 Å². The van der Waals surface area contributed by atoms with E-state index in [0.29, 0.717) is 13.2 Å². The molecule has 0 spiro atoms. The molecule has 0 aliphatic carbocycles. The van der Waals surface area contributed by atoms with Crippen molar-refractivity contribution in [3.05, 3.63) is 35.9 Å². The second kappa shape index (κ2) is 10.1. The Morgan fingerprint density at radius 3 is 2.50 bits per heavy atom. The van der Waals surface area contributed by atoms with E-state index >= 15 is 0 Å². The topological polar surface area (TPSA) is 30.5 Å². The highest BCUT2D eigenvalue weighted by molar-refractivity contribution is 5.17. The minimum atomic E-state index is 0.108. The second-order valence-electron chi connectivity index (χ2n) is 4.19. The minimum absolute atomic E-state index is 0.108. The van der Waals surface area contributed by atoms with E-state index in [1.54, 1.807) is 0 Å². The third kappa shape index (κ3) is 6.15. The Hall–Kier alpha value is -0.900. The molecule has 0 fully saturated rings. The first-order valence-electron chi connectivity index (χ1n) is 6.83. The summed E-state index contributed by atoms with van der Waals surface area (Å²) in [4.78, 5) is 0. The zero-order chi connectivity index (χ0) is 13.1. The summed E-state index contributed by atoms with van der Waals surface area (Å²) < 4.78 is 11.3. The molecule has 0 aliphatic heterocycles. The maximum atomic E-state index is 5.89. The Labute approximate surface area is 110 Å². The van der Waals surface area contributed by atoms with E-state index in [4.69, 9.17) is 9.47 Å². The Morgan fingerprint density at radius 1 is 1.06 bits per heavy atom. The van der Waals surface area contributed by atoms with E-state index < -0.39 is 0 Å². The highest BCUT2D eigenvalue weighted by Crippen LogP contribution is 2.15. The minimum Gasteiger partial charge on any atom is -0.379 e. The van der Waals surface area contributed by atoms with Crippen LogP contribution in [0.5, 0.6) is 0 Å². The zero-order valence-electron chi connectivity index (χ0n) is 11.5. The molecule has 0 saturated heterocycles. The van der Waals surface area contributed by atoms with Crippen molar-refractivity contribution in [2.75, 3.05) is 32.9 Å². The van der Waals surface area contributed by atoms with Crippen molar-refractivity contribution in [2.45, 2.75) is 26.4 Å². The smallest absolute Gasteiger partial charge is 0.0950 e. The van der Waals surface area contributed by atoms with Gasteiger partial charge < -0.3 is 14.8 Å². The number of hydrogen-bond acceptors (Lipinski definition) is 3. The quantitative estimate of drug-likeness (QED) is 0.649. The van der Waals surface area contributed by atoms with Gasteiger partial charge in [0.1, 0.15) is 0 Å². The van der Waals surface area contributed by atoms with Crippen LogP contribution in [0.25, 0.3) is 0 Å². The summed E-state index contributed by atoms with van der Waals surface area (Å²) in [6, 6.07) is 10.3. The fraction of sp³-hybridized carbons (Fsp3) is 0.600. The van der Waals surface area contributed by atoms with Gasteiger partial charge in [-0.1, -0.05) is 44.2 Å². The predicted octanol–water partition coefficient (Wildman–Crippen LogP) is 2.78. The van der Waals surface area contributed by atoms with Gasteiger partial charge in [0.15, 0.2) is 0 Å². The summed E-state index contributed by atoms with van der Waals surface area (Å²) >= 11 is 0. The summed E-state index contributed by atoms with van der Waals surface area (Å²) in [5.74, 6) is 0. The second-order valence-corrected chi connectivity index (χ2v) is 4.19. The highest BCUT2D eigenvalue weighted by atomic mass is 16.5. The van der Waals surface area contributed by atoms with Crippen LogP contribution in [0.3, 0.4) is 0 Å². The molecule has 3 heteroatoms. The van der Waals surface area contributed by atoms with Crippen molar-refractivity contribution in [3.63, 3.8) is 0 Å². The lowest BCUT2D eigenvalue weighted by Crippen LogP contribution is -2.24. The predicted molar refractivity (Wildman–Crippen MR) is 74.8 cm³/mol. The molecule has 1 aromatic carbocycles. The SMILES string of the molecule is CCCOCCOC(CNCC)c1ccccc1. The monoisotopic (exact) mass is 251 g/mol. The van der Waals surface area contributed by atoms with E-state index in [1.165, 1.54) is 5.56 Å². The number of nitrogens with one attached hydrogen (secondary N) is 1. The first-order valence-corrected chi connectivity index (χ1v) is 6.83. The van der Waals surface area contributed by atoms with Crippen LogP contribution in [0.1, 0.15) is 31.9 Å². The average Bonchev–Trinajstić information content (AvgIpc) is 2.43. The maximum absolute atomic E-state index is 5.89. The molecule has 0 heterocycles. The van der Waals surface area contributed by atoms with Gasteiger partial charge in [0.05, 0.1) is 19.3 Å². The van der Waals surface area contributed by atoms with Gasteiger partial charge >= 0.3 is 0 Å². The summed E-state index contributed by atoms with van der Waals surface area (Å²) in [7, 11) is 0. The molecule has 1 unspecified atom stereocenters. The van der Waals surface area contributed by atoms with Crippen LogP contribution >= 0.6 is 0 Å². The van der Waals surface area contributed by atoms with Gasteiger partial charge in [0.2, 0.25) is 0 Å². The first kappa shape index (κ1) is 15.2. The number of benzene rings is 1. The third-order valence-electron chi connectivity index (χ3n) is 2.65. The van der Waals surface area contributed by atoms with Gasteiger partial charge in [-0.05, 0) is 18.5 Å². The highest BCUT2D eigenvalue weighted by Gasteiger charge is 2.10. The Morgan fingerprint density at radius 2 is 1.83 bits per heavy atom. The van der Waals surface area contributed by atoms with Crippen molar-refractivity contribution in [2.24, 2.45) is 0 Å². The average molecular weight is 251 g/mol. The lowest BCUT2D eigenvalue weighted by Gasteiger charge is -2.18. The lowest BCUT2D eigenvalue weighted by molar-refractivity contribution is 0.00446. The molecule has 1 atom stereocenters. The van der Waals surface area contributed by atoms with Gasteiger partial charge in [-0.2, -0.15) is 0 Å². The molecule has 1 N–H and O–H groups in total. The summed E-state index contributed by atoms with van der Waals surface area (Å²) in [6.07, 6.45) is 1.16. The standard InChI is InChI=1S/C15H25NO2/c1-3-10-17-11-12-18-15(13-16-4-2)14-8-6-5-7-9-14/h5-9,15-16H,3-4,10-13H2,1-2H3. The van der Waals surface area contributed by atoms with E-state index in [1.807, 2.05) is 18.2 Å². The van der Waals surface area contributed by atoms with Crippen LogP contribution in [0.2, 0.25) is 0 Å². The molecule has 18 heavy (non-hydrogen) atoms. The largest absolute Gasteiger partial charge is 0.379 e. The van der Waals surface area contributed by atoms with Crippen LogP contribution in [0.15, 0.2) is 30.3 Å². The molecule has 1 rings (SSSR count). The molecule has 0 aliphatic rings. The third-order valence-corrected chi connectivity index (χ3v) is 2.65. The molecule has 0 saturated carbocycles. The van der Waals surface area contributed by atoms with Gasteiger partial charge in [-0.3, -0.25) is 0 Å². The number of likely N-dealkylation sites (N-methyl/N-ethyl adjacent to an activating group) is 1. The van der Waals surface area contributed by atoms with Crippen molar-refractivity contribution in [1.82, 2.24) is 5.32 Å². The summed E-state index contributed by atoms with van der Waals surface area (Å²) in [5.41, 5.74) is 1.22. The molecule has 3 nitrogen and oxygen atoms in total. The first-order chi connectivity index (χ1) is 8.88. The lowest BCUT2D eigenvalue weighted by atomic mass is 10.1. The Balaban J connectivity index is 2.36. The van der Waals surface area contributed by atoms with Gasteiger partial charge in [0.25, 0.3) is 0 Å². The Bertz CT molecular complexity index is 290. The number of hydrogen-bond donors (Lipinski definition) is 1. The number of rotatable bonds is 10. The van der Waals surface area contributed by atoms with Gasteiger partial charge in [0, 0.05) is 13.2 Å². The maximum Gasteiger partial charge on any atom is 0.0950 e. The van der Waals surface area contributed by atoms with Crippen molar-refractivity contribution >= 4 is 0 Å². The molecular weight excluding hydrogens is 226 g/mol. The molecule has 0 aromatic heterocycles. The normalized spacial score (nSPS) is 12.6. The van der Waals surface area contributed by atoms with E-state index in [9.17, 15) is 0 Å². The van der Waals surface area contributed by atoms with Crippen LogP contribution < -0.4 is 5.32 Å². The van der Waals surface area contributed by atoms with Crippen LogP contribution in [0, 0.1) is 0 Å². The molecule has 0 radical (unpaired) electrons. The summed E-state index contributed by atoms with van der Waals surface area (Å²) in [6.45, 7) is 8.14. The summed E-state index contributed by atoms with van der Waals surface area (Å²) in [5, 5.41) is 3.33. The van der Waals surface area contributed by atoms with Crippen LogP contribution in [-0.4, -0.2) is 32.9 Å². The van der Waals surface area contributed by atoms with Crippen LogP contribution in [0.4, 0.5) is 0 Å². The zero-order valence-corrected chi connectivity index (χ0v) is 11.5. The van der Waals surface area contributed by atoms with Gasteiger partial charge in [-0.25, -0.2) is 0 Å². The van der Waals surface area contributed by atoms with E-state index in [-0.39, 0.29) is 6.10 Å². The fourth-order valence-electron chi connectivity index (χ4n) is 1.71. The Kier molecular flexibility index (Phi) is 8.47. The number of ether oxygens (including phenoxy) is 2. The van der Waals surface area contributed by atoms with Crippen LogP contribution in [-0.2, 0) is 9.47 Å². The molecule has 0 amide bonds. The van der Waals surface area contributed by atoms with Crippen molar-refractivity contribution in [1.29, 1.82) is 0 Å². The molecule has 0 bridgehead atoms. The van der Waals surface area contributed by atoms with E-state index in [0.717, 1.165) is 26.1 Å². The van der Waals surface area contributed by atoms with E-state index in [2.05, 4.69) is 31.3 Å². The molecular formula is C15H25NO2. The van der Waals surface area contributed by atoms with Crippen molar-refractivity contribution < 1.29 is 9.47 Å². The molecule has 102 valence electrons. The molecule has 1 aromatic rings. The van der Waals surface area contributed by atoms with Gasteiger partial charge in [-0.15, -0.1) is 0 Å². The fourth-order valence-corrected chi connectivity index (χ4v) is 1.71.